The number of carbonyl (C=O) groups is 3. The summed E-state index contributed by atoms with van der Waals surface area (Å²) in [6.07, 6.45) is 9.24. The molecule has 0 aliphatic heterocycles. The van der Waals surface area contributed by atoms with Gasteiger partial charge >= 0.3 is 6.09 Å². The fraction of sp³-hybridized carbons (Fsp3) is 0.690. The molecular formula is C29H47N3O5S. The number of unbranched alkanes of at least 4 members (excludes halogenated alkanes) is 4. The molecule has 9 heteroatoms. The van der Waals surface area contributed by atoms with Crippen molar-refractivity contribution in [3.8, 4) is 5.75 Å². The van der Waals surface area contributed by atoms with E-state index in [0.717, 1.165) is 57.8 Å². The lowest BCUT2D eigenvalue weighted by atomic mass is 9.94. The Morgan fingerprint density at radius 3 is 2.39 bits per heavy atom. The summed E-state index contributed by atoms with van der Waals surface area (Å²) in [6.45, 7) is 7.73. The van der Waals surface area contributed by atoms with E-state index in [2.05, 4.69) is 30.2 Å². The number of rotatable bonds is 13. The van der Waals surface area contributed by atoms with E-state index in [0.29, 0.717) is 18.5 Å². The Balaban J connectivity index is 2.38. The highest BCUT2D eigenvalue weighted by Crippen LogP contribution is 2.28. The van der Waals surface area contributed by atoms with Crippen molar-refractivity contribution >= 4 is 30.5 Å². The van der Waals surface area contributed by atoms with Gasteiger partial charge in [0.05, 0.1) is 0 Å². The third-order valence-corrected chi connectivity index (χ3v) is 7.02. The van der Waals surface area contributed by atoms with Gasteiger partial charge in [0.1, 0.15) is 23.4 Å². The van der Waals surface area contributed by atoms with Gasteiger partial charge in [-0.3, -0.25) is 9.59 Å². The molecule has 1 saturated carbocycles. The van der Waals surface area contributed by atoms with E-state index in [-0.39, 0.29) is 23.5 Å². The zero-order valence-corrected chi connectivity index (χ0v) is 24.4. The van der Waals surface area contributed by atoms with Crippen molar-refractivity contribution in [1.82, 2.24) is 15.5 Å². The number of thiol groups is 1. The number of alkyl carbamates (subject to hydrolysis) is 1. The summed E-state index contributed by atoms with van der Waals surface area (Å²) >= 11 is 4.34. The second-order valence-corrected chi connectivity index (χ2v) is 11.5. The van der Waals surface area contributed by atoms with E-state index >= 15 is 0 Å². The minimum absolute atomic E-state index is 0.0194. The molecule has 0 radical (unpaired) electrons. The number of benzene rings is 1. The molecule has 0 heterocycles. The summed E-state index contributed by atoms with van der Waals surface area (Å²) in [6, 6.07) is 4.61. The van der Waals surface area contributed by atoms with Crippen LogP contribution in [0.25, 0.3) is 0 Å². The van der Waals surface area contributed by atoms with Crippen molar-refractivity contribution in [3.05, 3.63) is 29.8 Å². The molecule has 0 bridgehead atoms. The number of ether oxygens (including phenoxy) is 1. The number of hydrogen-bond donors (Lipinski definition) is 4. The number of aromatic hydroxyl groups is 1. The SMILES string of the molecule is CCCCCCCN(C(=O)C(CS)NC(=O)OC(C)(C)C)C(C(=O)NC1CCCCC1)c1cccc(O)c1. The number of nitrogens with one attached hydrogen (secondary N) is 2. The molecule has 3 amide bonds. The van der Waals surface area contributed by atoms with Gasteiger partial charge in [0, 0.05) is 18.3 Å². The Kier molecular flexibility index (Phi) is 13.3. The van der Waals surface area contributed by atoms with Crippen LogP contribution < -0.4 is 10.6 Å². The van der Waals surface area contributed by atoms with Crippen LogP contribution in [0.2, 0.25) is 0 Å². The van der Waals surface area contributed by atoms with Gasteiger partial charge in [-0.05, 0) is 57.7 Å². The maximum atomic E-state index is 14.0. The maximum absolute atomic E-state index is 14.0. The van der Waals surface area contributed by atoms with Crippen LogP contribution in [-0.2, 0) is 14.3 Å². The molecule has 2 rings (SSSR count). The predicted molar refractivity (Wildman–Crippen MR) is 153 cm³/mol. The summed E-state index contributed by atoms with van der Waals surface area (Å²) in [5.41, 5.74) is -0.201. The van der Waals surface area contributed by atoms with Crippen LogP contribution in [-0.4, -0.2) is 57.9 Å². The Morgan fingerprint density at radius 2 is 1.79 bits per heavy atom. The lowest BCUT2D eigenvalue weighted by molar-refractivity contribution is -0.142. The normalized spacial score (nSPS) is 15.8. The van der Waals surface area contributed by atoms with E-state index in [1.807, 2.05) is 0 Å². The molecule has 1 aliphatic rings. The smallest absolute Gasteiger partial charge is 0.408 e. The molecule has 0 spiro atoms. The van der Waals surface area contributed by atoms with Crippen LogP contribution in [0, 0.1) is 0 Å². The van der Waals surface area contributed by atoms with Gasteiger partial charge in [0.2, 0.25) is 11.8 Å². The zero-order valence-electron chi connectivity index (χ0n) is 23.5. The Morgan fingerprint density at radius 1 is 1.11 bits per heavy atom. The van der Waals surface area contributed by atoms with Crippen LogP contribution in [0.4, 0.5) is 4.79 Å². The Labute approximate surface area is 233 Å². The molecule has 2 unspecified atom stereocenters. The van der Waals surface area contributed by atoms with Crippen LogP contribution in [0.15, 0.2) is 24.3 Å². The van der Waals surface area contributed by atoms with Crippen LogP contribution in [0.5, 0.6) is 5.75 Å². The van der Waals surface area contributed by atoms with Crippen molar-refractivity contribution in [2.45, 2.75) is 116 Å². The quantitative estimate of drug-likeness (QED) is 0.192. The van der Waals surface area contributed by atoms with Gasteiger partial charge in [0.15, 0.2) is 0 Å². The molecule has 8 nitrogen and oxygen atoms in total. The predicted octanol–water partition coefficient (Wildman–Crippen LogP) is 5.50. The van der Waals surface area contributed by atoms with E-state index in [9.17, 15) is 19.5 Å². The van der Waals surface area contributed by atoms with E-state index in [4.69, 9.17) is 4.74 Å². The fourth-order valence-corrected chi connectivity index (χ4v) is 5.03. The molecule has 0 saturated heterocycles. The fourth-order valence-electron chi connectivity index (χ4n) is 4.78. The molecule has 2 atom stereocenters. The second kappa shape index (κ2) is 15.9. The Bertz CT molecular complexity index is 898. The molecule has 38 heavy (non-hydrogen) atoms. The molecule has 214 valence electrons. The first-order valence-electron chi connectivity index (χ1n) is 14.1. The minimum Gasteiger partial charge on any atom is -0.508 e. The monoisotopic (exact) mass is 549 g/mol. The topological polar surface area (TPSA) is 108 Å². The largest absolute Gasteiger partial charge is 0.508 e. The first-order valence-corrected chi connectivity index (χ1v) is 14.7. The maximum Gasteiger partial charge on any atom is 0.408 e. The summed E-state index contributed by atoms with van der Waals surface area (Å²) in [5, 5.41) is 16.0. The highest BCUT2D eigenvalue weighted by atomic mass is 32.1. The lowest BCUT2D eigenvalue weighted by Crippen LogP contribution is -2.54. The average Bonchev–Trinajstić information content (AvgIpc) is 2.85. The first-order chi connectivity index (χ1) is 18.1. The van der Waals surface area contributed by atoms with Crippen LogP contribution in [0.1, 0.15) is 104 Å². The van der Waals surface area contributed by atoms with E-state index in [1.54, 1.807) is 32.9 Å². The minimum atomic E-state index is -0.980. The van der Waals surface area contributed by atoms with Crippen LogP contribution >= 0.6 is 12.6 Å². The second-order valence-electron chi connectivity index (χ2n) is 11.2. The summed E-state index contributed by atoms with van der Waals surface area (Å²) in [4.78, 5) is 41.8. The van der Waals surface area contributed by atoms with Gasteiger partial charge in [-0.1, -0.05) is 64.0 Å². The van der Waals surface area contributed by atoms with E-state index in [1.165, 1.54) is 17.0 Å². The lowest BCUT2D eigenvalue weighted by Gasteiger charge is -2.35. The molecule has 1 fully saturated rings. The number of carbonyl (C=O) groups excluding carboxylic acids is 3. The summed E-state index contributed by atoms with van der Waals surface area (Å²) < 4.78 is 5.37. The Hall–Kier alpha value is -2.42. The first kappa shape index (κ1) is 31.8. The molecule has 0 aromatic heterocycles. The molecule has 1 aromatic rings. The molecule has 3 N–H and O–H groups in total. The zero-order chi connectivity index (χ0) is 28.1. The molecule has 1 aromatic carbocycles. The van der Waals surface area contributed by atoms with Gasteiger partial charge in [-0.2, -0.15) is 12.6 Å². The average molecular weight is 550 g/mol. The highest BCUT2D eigenvalue weighted by molar-refractivity contribution is 7.80. The number of phenolic OH excluding ortho intramolecular Hbond substituents is 1. The number of phenols is 1. The summed E-state index contributed by atoms with van der Waals surface area (Å²) in [7, 11) is 0. The standard InChI is InChI=1S/C29H47N3O5S/c1-5-6-7-8-12-18-32(27(35)24(20-38)31-28(36)37-29(2,3)4)25(21-14-13-17-23(33)19-21)26(34)30-22-15-10-9-11-16-22/h13-14,17,19,22,24-25,33,38H,5-12,15-16,18,20H2,1-4H3,(H,30,34)(H,31,36). The molecular weight excluding hydrogens is 502 g/mol. The van der Waals surface area contributed by atoms with Gasteiger partial charge < -0.3 is 25.4 Å². The van der Waals surface area contributed by atoms with Gasteiger partial charge in [0.25, 0.3) is 0 Å². The number of hydrogen-bond acceptors (Lipinski definition) is 6. The third-order valence-electron chi connectivity index (χ3n) is 6.65. The van der Waals surface area contributed by atoms with Crippen LogP contribution in [0.3, 0.4) is 0 Å². The molecule has 1 aliphatic carbocycles. The number of nitrogens with zero attached hydrogens (tertiary/aromatic N) is 1. The van der Waals surface area contributed by atoms with Gasteiger partial charge in [-0.25, -0.2) is 4.79 Å². The van der Waals surface area contributed by atoms with Crippen molar-refractivity contribution in [2.75, 3.05) is 12.3 Å². The van der Waals surface area contributed by atoms with Crippen molar-refractivity contribution in [3.63, 3.8) is 0 Å². The number of amides is 3. The summed E-state index contributed by atoms with van der Waals surface area (Å²) in [5.74, 6) is -0.625. The van der Waals surface area contributed by atoms with Crippen molar-refractivity contribution in [1.29, 1.82) is 0 Å². The third kappa shape index (κ3) is 10.8. The van der Waals surface area contributed by atoms with Gasteiger partial charge in [-0.15, -0.1) is 0 Å². The van der Waals surface area contributed by atoms with E-state index < -0.39 is 29.7 Å². The highest BCUT2D eigenvalue weighted by Gasteiger charge is 2.36. The van der Waals surface area contributed by atoms with Crippen molar-refractivity contribution < 1.29 is 24.2 Å². The van der Waals surface area contributed by atoms with Crippen molar-refractivity contribution in [2.24, 2.45) is 0 Å².